The lowest BCUT2D eigenvalue weighted by Crippen LogP contribution is -2.13. The average Bonchev–Trinajstić information content (AvgIpc) is 1.82. The van der Waals surface area contributed by atoms with Crippen LogP contribution in [0.4, 0.5) is 0 Å². The lowest BCUT2D eigenvalue weighted by molar-refractivity contribution is 0.545. The van der Waals surface area contributed by atoms with E-state index in [-0.39, 0.29) is 0 Å². The molecule has 1 amide bonds. The van der Waals surface area contributed by atoms with Crippen molar-refractivity contribution < 1.29 is 4.79 Å². The van der Waals surface area contributed by atoms with E-state index in [0.29, 0.717) is 6.54 Å². The molecule has 1 radical (unpaired) electrons. The van der Waals surface area contributed by atoms with Crippen LogP contribution in [-0.4, -0.2) is 13.0 Å². The van der Waals surface area contributed by atoms with Crippen molar-refractivity contribution in [2.45, 2.75) is 20.8 Å². The van der Waals surface area contributed by atoms with Gasteiger partial charge in [-0.15, -0.1) is 0 Å². The Bertz CT molecular complexity index is 123. The summed E-state index contributed by atoms with van der Waals surface area (Å²) in [5.74, 6) is 0. The fourth-order valence-corrected chi connectivity index (χ4v) is 0.345. The maximum atomic E-state index is 9.67. The van der Waals surface area contributed by atoms with Gasteiger partial charge < -0.3 is 5.32 Å². The minimum Gasteiger partial charge on any atom is -0.344 e. The van der Waals surface area contributed by atoms with Gasteiger partial charge in [0.05, 0.1) is 0 Å². The fourth-order valence-electron chi connectivity index (χ4n) is 0.345. The molecule has 0 aromatic heterocycles. The quantitative estimate of drug-likeness (QED) is 0.443. The molecule has 0 aliphatic carbocycles. The van der Waals surface area contributed by atoms with Gasteiger partial charge in [-0.3, -0.25) is 4.79 Å². The van der Waals surface area contributed by atoms with Crippen LogP contribution in [0.5, 0.6) is 0 Å². The Morgan fingerprint density at radius 1 is 1.44 bits per heavy atom. The molecule has 0 aromatic carbocycles. The number of amides is 1. The van der Waals surface area contributed by atoms with E-state index in [0.717, 1.165) is 0 Å². The summed E-state index contributed by atoms with van der Waals surface area (Å²) in [6.07, 6.45) is 1.62. The highest BCUT2D eigenvalue weighted by molar-refractivity contribution is 5.47. The van der Waals surface area contributed by atoms with E-state index in [9.17, 15) is 4.79 Å². The van der Waals surface area contributed by atoms with Crippen LogP contribution in [0.1, 0.15) is 20.8 Å². The van der Waals surface area contributed by atoms with Crippen LogP contribution in [0.15, 0.2) is 11.1 Å². The van der Waals surface area contributed by atoms with Gasteiger partial charge >= 0.3 is 6.41 Å². The molecule has 0 unspecified atom stereocenters. The van der Waals surface area contributed by atoms with E-state index in [1.54, 1.807) is 6.41 Å². The molecule has 0 aliphatic rings. The summed E-state index contributed by atoms with van der Waals surface area (Å²) in [5.41, 5.74) is 2.44. The molecular weight excluding hydrogens is 114 g/mol. The molecular formula is C7H12NO. The number of hydrogen-bond donors (Lipinski definition) is 1. The Labute approximate surface area is 56.0 Å². The SMILES string of the molecule is CC(C)=C(C)CN[C]=O. The third kappa shape index (κ3) is 3.76. The fraction of sp³-hybridized carbons (Fsp3) is 0.571. The predicted molar refractivity (Wildman–Crippen MR) is 37.7 cm³/mol. The Balaban J connectivity index is 3.62. The largest absolute Gasteiger partial charge is 0.344 e. The molecule has 0 spiro atoms. The molecule has 0 fully saturated rings. The third-order valence-electron chi connectivity index (χ3n) is 1.28. The highest BCUT2D eigenvalue weighted by Crippen LogP contribution is 1.98. The smallest absolute Gasteiger partial charge is 0.309 e. The molecule has 0 atom stereocenters. The molecule has 0 saturated carbocycles. The summed E-state index contributed by atoms with van der Waals surface area (Å²) in [5, 5.41) is 2.47. The summed E-state index contributed by atoms with van der Waals surface area (Å²) < 4.78 is 0. The van der Waals surface area contributed by atoms with Crippen molar-refractivity contribution in [1.82, 2.24) is 5.32 Å². The number of hydrogen-bond acceptors (Lipinski definition) is 1. The van der Waals surface area contributed by atoms with Gasteiger partial charge in [0.1, 0.15) is 0 Å². The Morgan fingerprint density at radius 2 is 2.00 bits per heavy atom. The van der Waals surface area contributed by atoms with Crippen molar-refractivity contribution in [2.75, 3.05) is 6.54 Å². The van der Waals surface area contributed by atoms with Gasteiger partial charge in [-0.25, -0.2) is 0 Å². The number of rotatable bonds is 3. The normalized spacial score (nSPS) is 8.33. The maximum Gasteiger partial charge on any atom is 0.309 e. The second kappa shape index (κ2) is 4.13. The van der Waals surface area contributed by atoms with Crippen LogP contribution in [0.2, 0.25) is 0 Å². The van der Waals surface area contributed by atoms with Crippen LogP contribution in [0, 0.1) is 0 Å². The minimum atomic E-state index is 0.617. The van der Waals surface area contributed by atoms with Crippen LogP contribution in [-0.2, 0) is 4.79 Å². The van der Waals surface area contributed by atoms with Crippen molar-refractivity contribution in [3.8, 4) is 0 Å². The van der Waals surface area contributed by atoms with Gasteiger partial charge in [-0.05, 0) is 20.8 Å². The highest BCUT2D eigenvalue weighted by Gasteiger charge is 1.88. The zero-order chi connectivity index (χ0) is 7.28. The molecule has 0 aliphatic heterocycles. The molecule has 2 heteroatoms. The van der Waals surface area contributed by atoms with E-state index in [1.165, 1.54) is 11.1 Å². The minimum absolute atomic E-state index is 0.617. The van der Waals surface area contributed by atoms with Crippen molar-refractivity contribution in [2.24, 2.45) is 0 Å². The van der Waals surface area contributed by atoms with Crippen LogP contribution >= 0.6 is 0 Å². The summed E-state index contributed by atoms with van der Waals surface area (Å²) in [6.45, 7) is 6.63. The number of nitrogens with one attached hydrogen (secondary N) is 1. The summed E-state index contributed by atoms with van der Waals surface area (Å²) in [4.78, 5) is 9.67. The molecule has 1 N–H and O–H groups in total. The third-order valence-corrected chi connectivity index (χ3v) is 1.28. The van der Waals surface area contributed by atoms with E-state index in [2.05, 4.69) is 5.32 Å². The first-order valence-corrected chi connectivity index (χ1v) is 2.91. The van der Waals surface area contributed by atoms with E-state index < -0.39 is 0 Å². The topological polar surface area (TPSA) is 29.1 Å². The number of carbonyl (C=O) groups excluding carboxylic acids is 1. The zero-order valence-corrected chi connectivity index (χ0v) is 6.12. The zero-order valence-electron chi connectivity index (χ0n) is 6.12. The first kappa shape index (κ1) is 8.21. The molecule has 0 bridgehead atoms. The molecule has 0 aromatic rings. The van der Waals surface area contributed by atoms with Gasteiger partial charge in [0, 0.05) is 6.54 Å². The van der Waals surface area contributed by atoms with Crippen molar-refractivity contribution in [3.05, 3.63) is 11.1 Å². The van der Waals surface area contributed by atoms with Crippen LogP contribution in [0.25, 0.3) is 0 Å². The first-order chi connectivity index (χ1) is 4.18. The summed E-state index contributed by atoms with van der Waals surface area (Å²) in [7, 11) is 0. The average molecular weight is 126 g/mol. The van der Waals surface area contributed by atoms with Gasteiger partial charge in [-0.1, -0.05) is 11.1 Å². The first-order valence-electron chi connectivity index (χ1n) is 2.91. The lowest BCUT2D eigenvalue weighted by Gasteiger charge is -1.99. The molecule has 9 heavy (non-hydrogen) atoms. The lowest BCUT2D eigenvalue weighted by atomic mass is 10.2. The molecule has 0 heterocycles. The molecule has 51 valence electrons. The summed E-state index contributed by atoms with van der Waals surface area (Å²) >= 11 is 0. The van der Waals surface area contributed by atoms with E-state index in [1.807, 2.05) is 20.8 Å². The van der Waals surface area contributed by atoms with Gasteiger partial charge in [0.2, 0.25) is 0 Å². The Morgan fingerprint density at radius 3 is 2.33 bits per heavy atom. The molecule has 0 saturated heterocycles. The van der Waals surface area contributed by atoms with Gasteiger partial charge in [0.25, 0.3) is 0 Å². The van der Waals surface area contributed by atoms with Crippen molar-refractivity contribution in [3.63, 3.8) is 0 Å². The van der Waals surface area contributed by atoms with Crippen molar-refractivity contribution >= 4 is 6.41 Å². The molecule has 2 nitrogen and oxygen atoms in total. The second-order valence-corrected chi connectivity index (χ2v) is 2.24. The Kier molecular flexibility index (Phi) is 3.76. The van der Waals surface area contributed by atoms with Crippen LogP contribution in [0.3, 0.4) is 0 Å². The Hall–Kier alpha value is -0.790. The van der Waals surface area contributed by atoms with Crippen LogP contribution < -0.4 is 5.32 Å². The van der Waals surface area contributed by atoms with Gasteiger partial charge in [-0.2, -0.15) is 0 Å². The molecule has 0 rings (SSSR count). The van der Waals surface area contributed by atoms with Crippen molar-refractivity contribution in [1.29, 1.82) is 0 Å². The predicted octanol–water partition coefficient (Wildman–Crippen LogP) is 1.000. The monoisotopic (exact) mass is 126 g/mol. The van der Waals surface area contributed by atoms with E-state index in [4.69, 9.17) is 0 Å². The van der Waals surface area contributed by atoms with Gasteiger partial charge in [0.15, 0.2) is 0 Å². The standard InChI is InChI=1S/C7H12NO/c1-6(2)7(3)4-8-5-9/h4H2,1-3H3,(H,8,9). The van der Waals surface area contributed by atoms with E-state index >= 15 is 0 Å². The number of allylic oxidation sites excluding steroid dienone is 1. The highest BCUT2D eigenvalue weighted by atomic mass is 16.1. The maximum absolute atomic E-state index is 9.67. The second-order valence-electron chi connectivity index (χ2n) is 2.24. The summed E-state index contributed by atoms with van der Waals surface area (Å²) in [6, 6.07) is 0.